The van der Waals surface area contributed by atoms with Crippen LogP contribution in [-0.4, -0.2) is 38.7 Å². The van der Waals surface area contributed by atoms with Crippen LogP contribution in [0, 0.1) is 0 Å². The van der Waals surface area contributed by atoms with E-state index < -0.39 is 0 Å². The highest BCUT2D eigenvalue weighted by atomic mass is 35.5. The zero-order valence-corrected chi connectivity index (χ0v) is 14.3. The molecule has 0 fully saturated rings. The molecule has 0 aliphatic heterocycles. The van der Waals surface area contributed by atoms with E-state index in [9.17, 15) is 15.0 Å². The lowest BCUT2D eigenvalue weighted by Crippen LogP contribution is -2.42. The van der Waals surface area contributed by atoms with Crippen molar-refractivity contribution in [3.05, 3.63) is 58.9 Å². The normalized spacial score (nSPS) is 12.0. The fourth-order valence-electron chi connectivity index (χ4n) is 2.47. The number of rotatable bonds is 7. The highest BCUT2D eigenvalue weighted by Gasteiger charge is 2.23. The Hall–Kier alpha value is -2.11. The molecular weight excluding hydrogens is 328 g/mol. The molecule has 6 heteroatoms. The standard InChI is InChI=1S/C18H21ClN2O3/c1-2-15(12-22)21(11-14-5-3-4-8-20-14)18(24)10-13-6-7-17(23)16(19)9-13/h3-9,15,22-23H,2,10-12H2,1H3. The molecule has 1 atom stereocenters. The number of aliphatic hydroxyl groups is 1. The van der Waals surface area contributed by atoms with Gasteiger partial charge in [-0.05, 0) is 36.2 Å². The van der Waals surface area contributed by atoms with Gasteiger partial charge in [0.25, 0.3) is 0 Å². The molecule has 0 aliphatic carbocycles. The van der Waals surface area contributed by atoms with Crippen LogP contribution in [0.1, 0.15) is 24.6 Å². The molecule has 1 unspecified atom stereocenters. The van der Waals surface area contributed by atoms with Crippen LogP contribution in [-0.2, 0) is 17.8 Å². The van der Waals surface area contributed by atoms with Crippen molar-refractivity contribution >= 4 is 17.5 Å². The maximum Gasteiger partial charge on any atom is 0.227 e. The van der Waals surface area contributed by atoms with E-state index in [1.165, 1.54) is 6.07 Å². The summed E-state index contributed by atoms with van der Waals surface area (Å²) in [5, 5.41) is 19.3. The molecule has 1 aromatic heterocycles. The van der Waals surface area contributed by atoms with Crippen molar-refractivity contribution in [2.45, 2.75) is 32.4 Å². The molecule has 1 aromatic carbocycles. The summed E-state index contributed by atoms with van der Waals surface area (Å²) in [7, 11) is 0. The lowest BCUT2D eigenvalue weighted by molar-refractivity contribution is -0.134. The smallest absolute Gasteiger partial charge is 0.227 e. The van der Waals surface area contributed by atoms with Crippen LogP contribution >= 0.6 is 11.6 Å². The van der Waals surface area contributed by atoms with Crippen molar-refractivity contribution in [2.75, 3.05) is 6.61 Å². The number of halogens is 1. The highest BCUT2D eigenvalue weighted by molar-refractivity contribution is 6.32. The predicted molar refractivity (Wildman–Crippen MR) is 92.8 cm³/mol. The van der Waals surface area contributed by atoms with Gasteiger partial charge in [-0.1, -0.05) is 30.7 Å². The van der Waals surface area contributed by atoms with Gasteiger partial charge in [0.2, 0.25) is 5.91 Å². The molecule has 2 rings (SSSR count). The fourth-order valence-corrected chi connectivity index (χ4v) is 2.67. The molecule has 0 bridgehead atoms. The molecule has 2 N–H and O–H groups in total. The summed E-state index contributed by atoms with van der Waals surface area (Å²) in [6.45, 7) is 2.16. The third-order valence-corrected chi connectivity index (χ3v) is 4.17. The van der Waals surface area contributed by atoms with Gasteiger partial charge in [-0.15, -0.1) is 0 Å². The van der Waals surface area contributed by atoms with Crippen LogP contribution in [0.4, 0.5) is 0 Å². The van der Waals surface area contributed by atoms with Crippen molar-refractivity contribution in [3.8, 4) is 5.75 Å². The van der Waals surface area contributed by atoms with Crippen molar-refractivity contribution in [1.82, 2.24) is 9.88 Å². The maximum atomic E-state index is 12.8. The van der Waals surface area contributed by atoms with Crippen LogP contribution in [0.25, 0.3) is 0 Å². The van der Waals surface area contributed by atoms with E-state index in [0.29, 0.717) is 18.5 Å². The van der Waals surface area contributed by atoms with Crippen LogP contribution < -0.4 is 0 Å². The third-order valence-electron chi connectivity index (χ3n) is 3.87. The fraction of sp³-hybridized carbons (Fsp3) is 0.333. The number of nitrogens with zero attached hydrogens (tertiary/aromatic N) is 2. The first-order valence-corrected chi connectivity index (χ1v) is 8.20. The number of carbonyl (C=O) groups is 1. The topological polar surface area (TPSA) is 73.7 Å². The summed E-state index contributed by atoms with van der Waals surface area (Å²) in [6, 6.07) is 9.97. The minimum atomic E-state index is -0.271. The molecule has 5 nitrogen and oxygen atoms in total. The first-order chi connectivity index (χ1) is 11.5. The van der Waals surface area contributed by atoms with Gasteiger partial charge >= 0.3 is 0 Å². The summed E-state index contributed by atoms with van der Waals surface area (Å²) in [5.74, 6) is -0.136. The predicted octanol–water partition coefficient (Wildman–Crippen LogP) is 2.78. The van der Waals surface area contributed by atoms with Gasteiger partial charge in [-0.3, -0.25) is 9.78 Å². The van der Waals surface area contributed by atoms with Gasteiger partial charge in [0, 0.05) is 6.20 Å². The van der Waals surface area contributed by atoms with Crippen LogP contribution in [0.15, 0.2) is 42.6 Å². The van der Waals surface area contributed by atoms with Crippen molar-refractivity contribution < 1.29 is 15.0 Å². The van der Waals surface area contributed by atoms with Crippen molar-refractivity contribution in [2.24, 2.45) is 0 Å². The van der Waals surface area contributed by atoms with E-state index in [1.54, 1.807) is 23.2 Å². The number of pyridine rings is 1. The molecule has 2 aromatic rings. The minimum Gasteiger partial charge on any atom is -0.506 e. The number of aromatic hydroxyl groups is 1. The molecule has 128 valence electrons. The highest BCUT2D eigenvalue weighted by Crippen LogP contribution is 2.24. The molecule has 0 radical (unpaired) electrons. The van der Waals surface area contributed by atoms with Crippen LogP contribution in [0.5, 0.6) is 5.75 Å². The van der Waals surface area contributed by atoms with E-state index in [0.717, 1.165) is 5.69 Å². The van der Waals surface area contributed by atoms with E-state index in [2.05, 4.69) is 4.98 Å². The second kappa shape index (κ2) is 8.66. The number of phenolic OH excluding ortho intramolecular Hbond substituents is 1. The summed E-state index contributed by atoms with van der Waals surface area (Å²) in [5.41, 5.74) is 1.48. The number of hydrogen-bond acceptors (Lipinski definition) is 4. The average molecular weight is 349 g/mol. The summed E-state index contributed by atoms with van der Waals surface area (Å²) >= 11 is 5.90. The van der Waals surface area contributed by atoms with Gasteiger partial charge in [0.15, 0.2) is 0 Å². The van der Waals surface area contributed by atoms with E-state index >= 15 is 0 Å². The molecule has 1 heterocycles. The SMILES string of the molecule is CCC(CO)N(Cc1ccccn1)C(=O)Cc1ccc(O)c(Cl)c1. The number of hydrogen-bond donors (Lipinski definition) is 2. The number of amides is 1. The Labute approximate surface area is 146 Å². The quantitative estimate of drug-likeness (QED) is 0.807. The Morgan fingerprint density at radius 2 is 2.12 bits per heavy atom. The first-order valence-electron chi connectivity index (χ1n) is 7.82. The van der Waals surface area contributed by atoms with E-state index in [4.69, 9.17) is 11.6 Å². The van der Waals surface area contributed by atoms with E-state index in [-0.39, 0.29) is 35.7 Å². The molecular formula is C18H21ClN2O3. The van der Waals surface area contributed by atoms with Gasteiger partial charge in [0.1, 0.15) is 5.75 Å². The Morgan fingerprint density at radius 3 is 2.71 bits per heavy atom. The van der Waals surface area contributed by atoms with Gasteiger partial charge in [-0.2, -0.15) is 0 Å². The zero-order chi connectivity index (χ0) is 17.5. The lowest BCUT2D eigenvalue weighted by atomic mass is 10.1. The Balaban J connectivity index is 2.18. The summed E-state index contributed by atoms with van der Waals surface area (Å²) < 4.78 is 0. The van der Waals surface area contributed by atoms with Gasteiger partial charge in [-0.25, -0.2) is 0 Å². The van der Waals surface area contributed by atoms with Crippen LogP contribution in [0.3, 0.4) is 0 Å². The van der Waals surface area contributed by atoms with Gasteiger partial charge < -0.3 is 15.1 Å². The number of benzene rings is 1. The monoisotopic (exact) mass is 348 g/mol. The Morgan fingerprint density at radius 1 is 1.33 bits per heavy atom. The summed E-state index contributed by atoms with van der Waals surface area (Å²) in [6.07, 6.45) is 2.46. The number of aliphatic hydroxyl groups excluding tert-OH is 1. The van der Waals surface area contributed by atoms with Crippen molar-refractivity contribution in [1.29, 1.82) is 0 Å². The first kappa shape index (κ1) is 18.2. The Kier molecular flexibility index (Phi) is 6.58. The number of phenols is 1. The largest absolute Gasteiger partial charge is 0.506 e. The minimum absolute atomic E-state index is 0.0139. The molecule has 0 aliphatic rings. The van der Waals surface area contributed by atoms with Crippen LogP contribution in [0.2, 0.25) is 5.02 Å². The third kappa shape index (κ3) is 4.69. The summed E-state index contributed by atoms with van der Waals surface area (Å²) in [4.78, 5) is 18.7. The molecule has 1 amide bonds. The maximum absolute atomic E-state index is 12.8. The second-order valence-electron chi connectivity index (χ2n) is 5.55. The second-order valence-corrected chi connectivity index (χ2v) is 5.96. The van der Waals surface area contributed by atoms with Crippen molar-refractivity contribution in [3.63, 3.8) is 0 Å². The average Bonchev–Trinajstić information content (AvgIpc) is 2.59. The number of aromatic nitrogens is 1. The van der Waals surface area contributed by atoms with E-state index in [1.807, 2.05) is 25.1 Å². The molecule has 0 saturated heterocycles. The van der Waals surface area contributed by atoms with Gasteiger partial charge in [0.05, 0.1) is 36.3 Å². The molecule has 24 heavy (non-hydrogen) atoms. The Bertz CT molecular complexity index is 675. The zero-order valence-electron chi connectivity index (χ0n) is 13.5. The molecule has 0 spiro atoms. The molecule has 0 saturated carbocycles. The lowest BCUT2D eigenvalue weighted by Gasteiger charge is -2.30. The number of carbonyl (C=O) groups excluding carboxylic acids is 1.